The van der Waals surface area contributed by atoms with Crippen LogP contribution in [0.2, 0.25) is 0 Å². The Balaban J connectivity index is 2.20. The minimum atomic E-state index is -3.64. The first-order valence-electron chi connectivity index (χ1n) is 6.88. The second-order valence-corrected chi connectivity index (χ2v) is 7.79. The Hall–Kier alpha value is -1.81. The van der Waals surface area contributed by atoms with Crippen LogP contribution in [0.4, 0.5) is 5.69 Å². The van der Waals surface area contributed by atoms with Crippen molar-refractivity contribution in [3.05, 3.63) is 39.8 Å². The maximum absolute atomic E-state index is 12.3. The second kappa shape index (κ2) is 7.18. The van der Waals surface area contributed by atoms with E-state index >= 15 is 0 Å². The van der Waals surface area contributed by atoms with Gasteiger partial charge in [0.1, 0.15) is 4.88 Å². The molecule has 4 N–H and O–H groups in total. The van der Waals surface area contributed by atoms with Gasteiger partial charge >= 0.3 is 0 Å². The van der Waals surface area contributed by atoms with E-state index in [1.165, 1.54) is 23.5 Å². The van der Waals surface area contributed by atoms with Gasteiger partial charge in [-0.2, -0.15) is 0 Å². The molecule has 2 aromatic rings. The zero-order chi connectivity index (χ0) is 17.0. The number of aryl methyl sites for hydroxylation is 2. The summed E-state index contributed by atoms with van der Waals surface area (Å²) in [6.45, 7) is 3.94. The van der Waals surface area contributed by atoms with Gasteiger partial charge in [-0.1, -0.05) is 6.07 Å². The Kier molecular flexibility index (Phi) is 5.47. The van der Waals surface area contributed by atoms with Crippen LogP contribution in [0.15, 0.2) is 29.2 Å². The molecule has 0 bridgehead atoms. The number of benzene rings is 1. The van der Waals surface area contributed by atoms with E-state index < -0.39 is 10.0 Å². The third kappa shape index (κ3) is 4.35. The van der Waals surface area contributed by atoms with E-state index in [0.29, 0.717) is 16.3 Å². The highest BCUT2D eigenvalue weighted by Gasteiger charge is 2.16. The SMILES string of the molecule is Cc1nc(C)c(C(=O)Nc2cccc(S(=O)(=O)NCCN)c2)s1. The fourth-order valence-corrected chi connectivity index (χ4v) is 3.86. The number of thiazole rings is 1. The van der Waals surface area contributed by atoms with Crippen molar-refractivity contribution in [3.63, 3.8) is 0 Å². The van der Waals surface area contributed by atoms with Gasteiger partial charge in [0.05, 0.1) is 15.6 Å². The van der Waals surface area contributed by atoms with E-state index in [1.807, 2.05) is 6.92 Å². The standard InChI is InChI=1S/C14H18N4O3S2/c1-9-13(22-10(2)17-9)14(19)18-11-4-3-5-12(8-11)23(20,21)16-7-6-15/h3-5,8,16H,6-7,15H2,1-2H3,(H,18,19). The zero-order valence-electron chi connectivity index (χ0n) is 12.8. The van der Waals surface area contributed by atoms with Gasteiger partial charge < -0.3 is 11.1 Å². The molecule has 23 heavy (non-hydrogen) atoms. The van der Waals surface area contributed by atoms with Gasteiger partial charge in [0.2, 0.25) is 10.0 Å². The Morgan fingerprint density at radius 2 is 2.09 bits per heavy atom. The largest absolute Gasteiger partial charge is 0.329 e. The predicted octanol–water partition coefficient (Wildman–Crippen LogP) is 1.25. The number of anilines is 1. The molecule has 1 heterocycles. The van der Waals surface area contributed by atoms with Gasteiger partial charge in [-0.25, -0.2) is 18.1 Å². The topological polar surface area (TPSA) is 114 Å². The van der Waals surface area contributed by atoms with Gasteiger partial charge in [0, 0.05) is 18.8 Å². The number of nitrogens with zero attached hydrogens (tertiary/aromatic N) is 1. The molecule has 0 aliphatic carbocycles. The maximum atomic E-state index is 12.3. The minimum Gasteiger partial charge on any atom is -0.329 e. The van der Waals surface area contributed by atoms with Crippen LogP contribution in [-0.4, -0.2) is 32.4 Å². The number of sulfonamides is 1. The Morgan fingerprint density at radius 3 is 2.70 bits per heavy atom. The normalized spacial score (nSPS) is 11.4. The Bertz CT molecular complexity index is 815. The lowest BCUT2D eigenvalue weighted by Crippen LogP contribution is -2.29. The zero-order valence-corrected chi connectivity index (χ0v) is 14.4. The Morgan fingerprint density at radius 1 is 1.35 bits per heavy atom. The first-order valence-corrected chi connectivity index (χ1v) is 9.18. The molecule has 124 valence electrons. The molecule has 0 aliphatic heterocycles. The van der Waals surface area contributed by atoms with Gasteiger partial charge in [0.25, 0.3) is 5.91 Å². The first-order chi connectivity index (χ1) is 10.8. The molecule has 0 spiro atoms. The van der Waals surface area contributed by atoms with Crippen LogP contribution >= 0.6 is 11.3 Å². The van der Waals surface area contributed by atoms with Crippen LogP contribution in [0.1, 0.15) is 20.4 Å². The second-order valence-electron chi connectivity index (χ2n) is 4.82. The van der Waals surface area contributed by atoms with Crippen LogP contribution in [0.5, 0.6) is 0 Å². The van der Waals surface area contributed by atoms with Crippen molar-refractivity contribution in [1.29, 1.82) is 0 Å². The number of hydrogen-bond donors (Lipinski definition) is 3. The third-order valence-electron chi connectivity index (χ3n) is 2.95. The summed E-state index contributed by atoms with van der Waals surface area (Å²) in [6, 6.07) is 6.05. The molecule has 1 amide bonds. The molecular weight excluding hydrogens is 336 g/mol. The molecule has 7 nitrogen and oxygen atoms in total. The van der Waals surface area contributed by atoms with Crippen molar-refractivity contribution < 1.29 is 13.2 Å². The third-order valence-corrected chi connectivity index (χ3v) is 5.48. The Labute approximate surface area is 139 Å². The van der Waals surface area contributed by atoms with Crippen molar-refractivity contribution in [2.75, 3.05) is 18.4 Å². The number of hydrogen-bond acceptors (Lipinski definition) is 6. The van der Waals surface area contributed by atoms with Crippen molar-refractivity contribution >= 4 is 33.0 Å². The van der Waals surface area contributed by atoms with Crippen LogP contribution in [-0.2, 0) is 10.0 Å². The molecule has 0 aliphatic rings. The van der Waals surface area contributed by atoms with Crippen LogP contribution in [0.25, 0.3) is 0 Å². The van der Waals surface area contributed by atoms with E-state index in [1.54, 1.807) is 19.1 Å². The smallest absolute Gasteiger partial charge is 0.267 e. The summed E-state index contributed by atoms with van der Waals surface area (Å²) in [7, 11) is -3.64. The van der Waals surface area contributed by atoms with Crippen molar-refractivity contribution in [3.8, 4) is 0 Å². The molecule has 2 rings (SSSR count). The van der Waals surface area contributed by atoms with E-state index in [0.717, 1.165) is 5.01 Å². The van der Waals surface area contributed by atoms with Gasteiger partial charge in [-0.15, -0.1) is 11.3 Å². The van der Waals surface area contributed by atoms with E-state index in [2.05, 4.69) is 15.0 Å². The summed E-state index contributed by atoms with van der Waals surface area (Å²) in [5.74, 6) is -0.308. The number of aromatic nitrogens is 1. The molecule has 0 radical (unpaired) electrons. The number of nitrogens with two attached hydrogens (primary N) is 1. The fourth-order valence-electron chi connectivity index (χ4n) is 1.95. The molecule has 0 fully saturated rings. The lowest BCUT2D eigenvalue weighted by molar-refractivity contribution is 0.102. The van der Waals surface area contributed by atoms with E-state index in [-0.39, 0.29) is 23.9 Å². The number of carbonyl (C=O) groups excluding carboxylic acids is 1. The quantitative estimate of drug-likeness (QED) is 0.722. The summed E-state index contributed by atoms with van der Waals surface area (Å²) in [4.78, 5) is 17.0. The summed E-state index contributed by atoms with van der Waals surface area (Å²) in [5.41, 5.74) is 6.35. The summed E-state index contributed by atoms with van der Waals surface area (Å²) in [5, 5.41) is 3.50. The van der Waals surface area contributed by atoms with E-state index in [4.69, 9.17) is 5.73 Å². The summed E-state index contributed by atoms with van der Waals surface area (Å²) in [6.07, 6.45) is 0. The lowest BCUT2D eigenvalue weighted by atomic mass is 10.3. The average Bonchev–Trinajstić information content (AvgIpc) is 2.84. The van der Waals surface area contributed by atoms with E-state index in [9.17, 15) is 13.2 Å². The van der Waals surface area contributed by atoms with Crippen molar-refractivity contribution in [1.82, 2.24) is 9.71 Å². The fraction of sp³-hybridized carbons (Fsp3) is 0.286. The number of nitrogens with one attached hydrogen (secondary N) is 2. The van der Waals surface area contributed by atoms with Gasteiger partial charge in [-0.3, -0.25) is 4.79 Å². The molecule has 0 saturated carbocycles. The molecule has 9 heteroatoms. The number of carbonyl (C=O) groups is 1. The van der Waals surface area contributed by atoms with Gasteiger partial charge in [-0.05, 0) is 32.0 Å². The monoisotopic (exact) mass is 354 g/mol. The number of amides is 1. The molecule has 0 saturated heterocycles. The summed E-state index contributed by atoms with van der Waals surface area (Å²) < 4.78 is 26.5. The van der Waals surface area contributed by atoms with Crippen LogP contribution in [0.3, 0.4) is 0 Å². The first kappa shape index (κ1) is 17.5. The van der Waals surface area contributed by atoms with Crippen molar-refractivity contribution in [2.45, 2.75) is 18.7 Å². The average molecular weight is 354 g/mol. The van der Waals surface area contributed by atoms with Crippen molar-refractivity contribution in [2.24, 2.45) is 5.73 Å². The highest BCUT2D eigenvalue weighted by Crippen LogP contribution is 2.20. The number of rotatable bonds is 6. The predicted molar refractivity (Wildman–Crippen MR) is 90.2 cm³/mol. The highest BCUT2D eigenvalue weighted by molar-refractivity contribution is 7.89. The highest BCUT2D eigenvalue weighted by atomic mass is 32.2. The molecule has 1 aromatic heterocycles. The maximum Gasteiger partial charge on any atom is 0.267 e. The summed E-state index contributed by atoms with van der Waals surface area (Å²) >= 11 is 1.29. The molecule has 0 unspecified atom stereocenters. The van der Waals surface area contributed by atoms with Gasteiger partial charge in [0.15, 0.2) is 0 Å². The molecule has 0 atom stereocenters. The minimum absolute atomic E-state index is 0.0703. The molecular formula is C14H18N4O3S2. The van der Waals surface area contributed by atoms with Crippen LogP contribution < -0.4 is 15.8 Å². The van der Waals surface area contributed by atoms with Crippen LogP contribution in [0, 0.1) is 13.8 Å². The lowest BCUT2D eigenvalue weighted by Gasteiger charge is -2.08. The molecule has 1 aromatic carbocycles.